The minimum absolute atomic E-state index is 0.181. The lowest BCUT2D eigenvalue weighted by Crippen LogP contribution is -2.50. The van der Waals surface area contributed by atoms with Crippen molar-refractivity contribution in [3.05, 3.63) is 52.8 Å². The standard InChI is InChI=1S/C20H24N4O3/c1-14-11-15(2)18(16(3)12-14)19(26)27-13-17(25)23-7-9-24(10-8-23)20-21-5-4-6-22-20/h4-6,11-12H,7-10,13H2,1-3H3. The zero-order chi connectivity index (χ0) is 19.4. The molecule has 0 spiro atoms. The number of amides is 1. The van der Waals surface area contributed by atoms with Crippen molar-refractivity contribution in [3.63, 3.8) is 0 Å². The quantitative estimate of drug-likeness (QED) is 0.768. The van der Waals surface area contributed by atoms with E-state index in [0.29, 0.717) is 37.7 Å². The first kappa shape index (κ1) is 18.8. The fourth-order valence-corrected chi connectivity index (χ4v) is 3.40. The molecule has 1 fully saturated rings. The Kier molecular flexibility index (Phi) is 5.69. The predicted molar refractivity (Wildman–Crippen MR) is 102 cm³/mol. The summed E-state index contributed by atoms with van der Waals surface area (Å²) in [4.78, 5) is 37.0. The number of piperazine rings is 1. The summed E-state index contributed by atoms with van der Waals surface area (Å²) >= 11 is 0. The van der Waals surface area contributed by atoms with E-state index in [9.17, 15) is 9.59 Å². The maximum absolute atomic E-state index is 12.4. The molecule has 7 heteroatoms. The zero-order valence-electron chi connectivity index (χ0n) is 15.9. The fraction of sp³-hybridized carbons (Fsp3) is 0.400. The van der Waals surface area contributed by atoms with Crippen LogP contribution in [0.15, 0.2) is 30.6 Å². The molecule has 27 heavy (non-hydrogen) atoms. The normalized spacial score (nSPS) is 14.2. The molecule has 0 aliphatic carbocycles. The van der Waals surface area contributed by atoms with Crippen molar-refractivity contribution in [3.8, 4) is 0 Å². The van der Waals surface area contributed by atoms with Gasteiger partial charge in [0.2, 0.25) is 5.95 Å². The number of nitrogens with zero attached hydrogens (tertiary/aromatic N) is 4. The van der Waals surface area contributed by atoms with Gasteiger partial charge in [-0.25, -0.2) is 14.8 Å². The molecule has 1 amide bonds. The second-order valence-electron chi connectivity index (χ2n) is 6.77. The van der Waals surface area contributed by atoms with Crippen LogP contribution in [0.3, 0.4) is 0 Å². The second kappa shape index (κ2) is 8.16. The monoisotopic (exact) mass is 368 g/mol. The molecule has 0 saturated carbocycles. The van der Waals surface area contributed by atoms with Gasteiger partial charge in [-0.05, 0) is 38.0 Å². The Balaban J connectivity index is 1.52. The molecule has 3 rings (SSSR count). The molecule has 1 aromatic heterocycles. The van der Waals surface area contributed by atoms with E-state index in [1.54, 1.807) is 23.4 Å². The average Bonchev–Trinajstić information content (AvgIpc) is 2.66. The number of ether oxygens (including phenoxy) is 1. The topological polar surface area (TPSA) is 75.6 Å². The van der Waals surface area contributed by atoms with Crippen molar-refractivity contribution >= 4 is 17.8 Å². The maximum atomic E-state index is 12.4. The van der Waals surface area contributed by atoms with Gasteiger partial charge in [-0.3, -0.25) is 4.79 Å². The first-order chi connectivity index (χ1) is 13.0. The Morgan fingerprint density at radius 1 is 1.00 bits per heavy atom. The van der Waals surface area contributed by atoms with E-state index < -0.39 is 5.97 Å². The van der Waals surface area contributed by atoms with Gasteiger partial charge in [-0.1, -0.05) is 17.7 Å². The minimum Gasteiger partial charge on any atom is -0.452 e. The van der Waals surface area contributed by atoms with Crippen LogP contribution in [0.5, 0.6) is 0 Å². The lowest BCUT2D eigenvalue weighted by Gasteiger charge is -2.34. The van der Waals surface area contributed by atoms with Gasteiger partial charge in [0, 0.05) is 38.6 Å². The van der Waals surface area contributed by atoms with E-state index in [1.807, 2.05) is 37.8 Å². The van der Waals surface area contributed by atoms with E-state index >= 15 is 0 Å². The molecule has 0 atom stereocenters. The predicted octanol–water partition coefficient (Wildman–Crippen LogP) is 1.91. The minimum atomic E-state index is -0.449. The summed E-state index contributed by atoms with van der Waals surface area (Å²) in [7, 11) is 0. The maximum Gasteiger partial charge on any atom is 0.339 e. The Labute approximate surface area is 159 Å². The zero-order valence-corrected chi connectivity index (χ0v) is 15.9. The summed E-state index contributed by atoms with van der Waals surface area (Å²) in [6.07, 6.45) is 3.41. The molecule has 2 aromatic rings. The Hall–Kier alpha value is -2.96. The molecule has 7 nitrogen and oxygen atoms in total. The van der Waals surface area contributed by atoms with Crippen molar-refractivity contribution in [1.82, 2.24) is 14.9 Å². The smallest absolute Gasteiger partial charge is 0.339 e. The number of carbonyl (C=O) groups excluding carboxylic acids is 2. The van der Waals surface area contributed by atoms with Gasteiger partial charge in [-0.15, -0.1) is 0 Å². The highest BCUT2D eigenvalue weighted by atomic mass is 16.5. The molecule has 1 aliphatic rings. The molecule has 0 unspecified atom stereocenters. The number of rotatable bonds is 4. The van der Waals surface area contributed by atoms with E-state index in [0.717, 1.165) is 16.7 Å². The summed E-state index contributed by atoms with van der Waals surface area (Å²) in [5, 5.41) is 0. The van der Waals surface area contributed by atoms with Crippen LogP contribution in [-0.2, 0) is 9.53 Å². The van der Waals surface area contributed by atoms with E-state index in [2.05, 4.69) is 9.97 Å². The number of anilines is 1. The fourth-order valence-electron chi connectivity index (χ4n) is 3.40. The van der Waals surface area contributed by atoms with Crippen molar-refractivity contribution in [2.45, 2.75) is 20.8 Å². The largest absolute Gasteiger partial charge is 0.452 e. The highest BCUT2D eigenvalue weighted by Crippen LogP contribution is 2.17. The van der Waals surface area contributed by atoms with Crippen LogP contribution in [0.2, 0.25) is 0 Å². The lowest BCUT2D eigenvalue weighted by molar-refractivity contribution is -0.134. The molecular weight excluding hydrogens is 344 g/mol. The number of aromatic nitrogens is 2. The van der Waals surface area contributed by atoms with Gasteiger partial charge in [0.25, 0.3) is 5.91 Å². The average molecular weight is 368 g/mol. The van der Waals surface area contributed by atoms with Gasteiger partial charge in [-0.2, -0.15) is 0 Å². The highest BCUT2D eigenvalue weighted by Gasteiger charge is 2.24. The third-order valence-corrected chi connectivity index (χ3v) is 4.68. The summed E-state index contributed by atoms with van der Waals surface area (Å²) in [6, 6.07) is 5.65. The van der Waals surface area contributed by atoms with Crippen LogP contribution in [0.4, 0.5) is 5.95 Å². The van der Waals surface area contributed by atoms with Gasteiger partial charge in [0.15, 0.2) is 6.61 Å². The van der Waals surface area contributed by atoms with Gasteiger partial charge >= 0.3 is 5.97 Å². The number of benzene rings is 1. The summed E-state index contributed by atoms with van der Waals surface area (Å²) in [5.41, 5.74) is 3.36. The Bertz CT molecular complexity index is 807. The van der Waals surface area contributed by atoms with Crippen molar-refractivity contribution in [1.29, 1.82) is 0 Å². The Morgan fingerprint density at radius 2 is 1.59 bits per heavy atom. The number of aryl methyl sites for hydroxylation is 3. The molecule has 1 saturated heterocycles. The van der Waals surface area contributed by atoms with Crippen molar-refractivity contribution < 1.29 is 14.3 Å². The van der Waals surface area contributed by atoms with Crippen LogP contribution in [0.25, 0.3) is 0 Å². The molecular formula is C20H24N4O3. The Morgan fingerprint density at radius 3 is 2.19 bits per heavy atom. The first-order valence-electron chi connectivity index (χ1n) is 9.00. The SMILES string of the molecule is Cc1cc(C)c(C(=O)OCC(=O)N2CCN(c3ncccn3)CC2)c(C)c1. The van der Waals surface area contributed by atoms with Crippen LogP contribution >= 0.6 is 0 Å². The van der Waals surface area contributed by atoms with E-state index in [-0.39, 0.29) is 12.5 Å². The lowest BCUT2D eigenvalue weighted by atomic mass is 10.00. The third kappa shape index (κ3) is 4.42. The summed E-state index contributed by atoms with van der Waals surface area (Å²) in [6.45, 7) is 7.91. The van der Waals surface area contributed by atoms with Gasteiger partial charge in [0.1, 0.15) is 0 Å². The van der Waals surface area contributed by atoms with Gasteiger partial charge < -0.3 is 14.5 Å². The van der Waals surface area contributed by atoms with Crippen LogP contribution < -0.4 is 4.90 Å². The number of hydrogen-bond acceptors (Lipinski definition) is 6. The molecule has 0 N–H and O–H groups in total. The second-order valence-corrected chi connectivity index (χ2v) is 6.77. The van der Waals surface area contributed by atoms with Crippen LogP contribution in [0, 0.1) is 20.8 Å². The van der Waals surface area contributed by atoms with E-state index in [4.69, 9.17) is 4.74 Å². The first-order valence-corrected chi connectivity index (χ1v) is 9.00. The molecule has 0 radical (unpaired) electrons. The third-order valence-electron chi connectivity index (χ3n) is 4.68. The number of carbonyl (C=O) groups is 2. The van der Waals surface area contributed by atoms with Crippen LogP contribution in [0.1, 0.15) is 27.0 Å². The summed E-state index contributed by atoms with van der Waals surface area (Å²) in [5.74, 6) is 0.0374. The van der Waals surface area contributed by atoms with Crippen molar-refractivity contribution in [2.24, 2.45) is 0 Å². The van der Waals surface area contributed by atoms with Crippen molar-refractivity contribution in [2.75, 3.05) is 37.7 Å². The number of hydrogen-bond donors (Lipinski definition) is 0. The molecule has 2 heterocycles. The molecule has 1 aliphatic heterocycles. The van der Waals surface area contributed by atoms with Gasteiger partial charge in [0.05, 0.1) is 5.56 Å². The molecule has 1 aromatic carbocycles. The van der Waals surface area contributed by atoms with Crippen LogP contribution in [-0.4, -0.2) is 59.5 Å². The summed E-state index contributed by atoms with van der Waals surface area (Å²) < 4.78 is 5.29. The molecule has 142 valence electrons. The highest BCUT2D eigenvalue weighted by molar-refractivity contribution is 5.94. The van der Waals surface area contributed by atoms with E-state index in [1.165, 1.54) is 0 Å². The molecule has 0 bridgehead atoms. The number of esters is 1.